The van der Waals surface area contributed by atoms with Crippen LogP contribution in [0.1, 0.15) is 0 Å². The molecule has 0 amide bonds. The zero-order valence-corrected chi connectivity index (χ0v) is 10.0. The Morgan fingerprint density at radius 3 is 2.53 bits per heavy atom. The number of benzene rings is 1. The topological polar surface area (TPSA) is 35.5 Å². The maximum Gasteiger partial charge on any atom is 0.422 e. The Kier molecular flexibility index (Phi) is 4.80. The van der Waals surface area contributed by atoms with E-state index in [1.54, 1.807) is 0 Å². The summed E-state index contributed by atoms with van der Waals surface area (Å²) in [5.41, 5.74) is 0. The monoisotopic (exact) mass is 312 g/mol. The third kappa shape index (κ3) is 5.08. The van der Waals surface area contributed by atoms with Gasteiger partial charge in [0.05, 0.1) is 0 Å². The number of carbonyl (C=O) groups excluding carboxylic acids is 1. The van der Waals surface area contributed by atoms with E-state index in [9.17, 15) is 18.0 Å². The molecule has 0 aliphatic heterocycles. The van der Waals surface area contributed by atoms with E-state index >= 15 is 0 Å². The van der Waals surface area contributed by atoms with Crippen molar-refractivity contribution in [1.82, 2.24) is 0 Å². The zero-order chi connectivity index (χ0) is 12.9. The molecule has 0 spiro atoms. The van der Waals surface area contributed by atoms with E-state index in [1.807, 2.05) is 0 Å². The van der Waals surface area contributed by atoms with Crippen molar-refractivity contribution >= 4 is 22.2 Å². The predicted octanol–water partition coefficient (Wildman–Crippen LogP) is 2.97. The minimum absolute atomic E-state index is 0.0626. The van der Waals surface area contributed by atoms with E-state index < -0.39 is 12.8 Å². The molecule has 0 radical (unpaired) electrons. The maximum atomic E-state index is 12.0. The van der Waals surface area contributed by atoms with E-state index in [-0.39, 0.29) is 18.1 Å². The second kappa shape index (κ2) is 5.90. The third-order valence-electron chi connectivity index (χ3n) is 1.60. The van der Waals surface area contributed by atoms with Crippen LogP contribution in [0.5, 0.6) is 11.5 Å². The summed E-state index contributed by atoms with van der Waals surface area (Å²) < 4.78 is 46.0. The van der Waals surface area contributed by atoms with Gasteiger partial charge in [-0.05, 0) is 18.2 Å². The Morgan fingerprint density at radius 1 is 1.24 bits per heavy atom. The molecule has 0 saturated heterocycles. The smallest absolute Gasteiger partial charge is 0.422 e. The van der Waals surface area contributed by atoms with Crippen LogP contribution in [-0.2, 0) is 4.79 Å². The summed E-state index contributed by atoms with van der Waals surface area (Å²) >= 11 is 3.13. The van der Waals surface area contributed by atoms with Crippen LogP contribution >= 0.6 is 15.9 Å². The SMILES string of the molecule is O=CCOc1cc(Br)ccc1OCC(F)(F)F. The number of aldehydes is 1. The van der Waals surface area contributed by atoms with Crippen LogP contribution in [0.25, 0.3) is 0 Å². The summed E-state index contributed by atoms with van der Waals surface area (Å²) in [5.74, 6) is 0.0168. The van der Waals surface area contributed by atoms with Gasteiger partial charge in [-0.3, -0.25) is 4.79 Å². The molecule has 0 heterocycles. The predicted molar refractivity (Wildman–Crippen MR) is 57.3 cm³/mol. The summed E-state index contributed by atoms with van der Waals surface area (Å²) in [6.07, 6.45) is -3.93. The number of halogens is 4. The molecule has 0 aromatic heterocycles. The van der Waals surface area contributed by atoms with Crippen molar-refractivity contribution in [2.75, 3.05) is 13.2 Å². The van der Waals surface area contributed by atoms with Crippen LogP contribution in [0.15, 0.2) is 22.7 Å². The van der Waals surface area contributed by atoms with Gasteiger partial charge in [-0.1, -0.05) is 15.9 Å². The molecule has 0 aliphatic carbocycles. The van der Waals surface area contributed by atoms with E-state index in [0.717, 1.165) is 0 Å². The van der Waals surface area contributed by atoms with Crippen molar-refractivity contribution in [3.63, 3.8) is 0 Å². The molecule has 0 saturated carbocycles. The van der Waals surface area contributed by atoms with Crippen molar-refractivity contribution < 1.29 is 27.4 Å². The second-order valence-electron chi connectivity index (χ2n) is 2.97. The first-order chi connectivity index (χ1) is 7.92. The number of alkyl halides is 3. The van der Waals surface area contributed by atoms with E-state index in [0.29, 0.717) is 10.8 Å². The van der Waals surface area contributed by atoms with Crippen LogP contribution < -0.4 is 9.47 Å². The van der Waals surface area contributed by atoms with E-state index in [2.05, 4.69) is 20.7 Å². The average molecular weight is 313 g/mol. The molecular weight excluding hydrogens is 305 g/mol. The highest BCUT2D eigenvalue weighted by Gasteiger charge is 2.29. The van der Waals surface area contributed by atoms with Crippen LogP contribution in [0.2, 0.25) is 0 Å². The molecule has 0 aliphatic rings. The first-order valence-electron chi connectivity index (χ1n) is 4.48. The fourth-order valence-corrected chi connectivity index (χ4v) is 1.34. The van der Waals surface area contributed by atoms with Gasteiger partial charge in [0.15, 0.2) is 24.4 Å². The van der Waals surface area contributed by atoms with Gasteiger partial charge in [-0.15, -0.1) is 0 Å². The lowest BCUT2D eigenvalue weighted by Crippen LogP contribution is -2.19. The minimum atomic E-state index is -4.42. The number of hydrogen-bond donors (Lipinski definition) is 0. The highest BCUT2D eigenvalue weighted by Crippen LogP contribution is 2.31. The lowest BCUT2D eigenvalue weighted by atomic mass is 10.3. The standard InChI is InChI=1S/C10H8BrF3O3/c11-7-1-2-8(17-6-10(12,13)14)9(5-7)16-4-3-15/h1-3,5H,4,6H2. The third-order valence-corrected chi connectivity index (χ3v) is 2.10. The van der Waals surface area contributed by atoms with Crippen LogP contribution in [0.3, 0.4) is 0 Å². The molecule has 3 nitrogen and oxygen atoms in total. The van der Waals surface area contributed by atoms with Crippen molar-refractivity contribution in [2.45, 2.75) is 6.18 Å². The fourth-order valence-electron chi connectivity index (χ4n) is 0.997. The Labute approximate surface area is 104 Å². The molecule has 94 valence electrons. The van der Waals surface area contributed by atoms with Crippen molar-refractivity contribution in [3.05, 3.63) is 22.7 Å². The molecular formula is C10H8BrF3O3. The molecule has 0 fully saturated rings. The number of carbonyl (C=O) groups is 1. The summed E-state index contributed by atoms with van der Waals surface area (Å²) in [6, 6.07) is 4.27. The summed E-state index contributed by atoms with van der Waals surface area (Å²) in [6.45, 7) is -1.66. The number of ether oxygens (including phenoxy) is 2. The first-order valence-corrected chi connectivity index (χ1v) is 5.27. The maximum absolute atomic E-state index is 12.0. The normalized spacial score (nSPS) is 11.1. The molecule has 0 unspecified atom stereocenters. The molecule has 0 bridgehead atoms. The molecule has 1 aromatic rings. The van der Waals surface area contributed by atoms with Crippen LogP contribution in [0, 0.1) is 0 Å². The van der Waals surface area contributed by atoms with Gasteiger partial charge < -0.3 is 9.47 Å². The van der Waals surface area contributed by atoms with Crippen molar-refractivity contribution in [3.8, 4) is 11.5 Å². The quantitative estimate of drug-likeness (QED) is 0.784. The highest BCUT2D eigenvalue weighted by atomic mass is 79.9. The van der Waals surface area contributed by atoms with Crippen molar-refractivity contribution in [2.24, 2.45) is 0 Å². The molecule has 1 rings (SSSR count). The van der Waals surface area contributed by atoms with Crippen LogP contribution in [-0.4, -0.2) is 25.7 Å². The van der Waals surface area contributed by atoms with Gasteiger partial charge >= 0.3 is 6.18 Å². The summed E-state index contributed by atoms with van der Waals surface area (Å²) in [4.78, 5) is 10.1. The Morgan fingerprint density at radius 2 is 1.94 bits per heavy atom. The number of rotatable bonds is 5. The van der Waals surface area contributed by atoms with Gasteiger partial charge in [0.2, 0.25) is 0 Å². The van der Waals surface area contributed by atoms with E-state index in [1.165, 1.54) is 18.2 Å². The average Bonchev–Trinajstić information content (AvgIpc) is 2.23. The summed E-state index contributed by atoms with van der Waals surface area (Å²) in [7, 11) is 0. The lowest BCUT2D eigenvalue weighted by molar-refractivity contribution is -0.153. The van der Waals surface area contributed by atoms with Crippen LogP contribution in [0.4, 0.5) is 13.2 Å². The molecule has 1 aromatic carbocycles. The van der Waals surface area contributed by atoms with E-state index in [4.69, 9.17) is 4.74 Å². The molecule has 0 N–H and O–H groups in total. The largest absolute Gasteiger partial charge is 0.482 e. The molecule has 7 heteroatoms. The number of hydrogen-bond acceptors (Lipinski definition) is 3. The second-order valence-corrected chi connectivity index (χ2v) is 3.89. The van der Waals surface area contributed by atoms with Gasteiger partial charge in [-0.25, -0.2) is 0 Å². The first kappa shape index (κ1) is 13.8. The van der Waals surface area contributed by atoms with Gasteiger partial charge in [-0.2, -0.15) is 13.2 Å². The highest BCUT2D eigenvalue weighted by molar-refractivity contribution is 9.10. The molecule has 0 atom stereocenters. The lowest BCUT2D eigenvalue weighted by Gasteiger charge is -2.13. The van der Waals surface area contributed by atoms with Gasteiger partial charge in [0.1, 0.15) is 6.61 Å². The van der Waals surface area contributed by atoms with Gasteiger partial charge in [0, 0.05) is 4.47 Å². The molecule has 17 heavy (non-hydrogen) atoms. The van der Waals surface area contributed by atoms with Crippen molar-refractivity contribution in [1.29, 1.82) is 0 Å². The summed E-state index contributed by atoms with van der Waals surface area (Å²) in [5, 5.41) is 0. The Hall–Kier alpha value is -1.24. The fraction of sp³-hybridized carbons (Fsp3) is 0.300. The Balaban J connectivity index is 2.78. The Bertz CT molecular complexity index is 393. The minimum Gasteiger partial charge on any atom is -0.482 e. The zero-order valence-electron chi connectivity index (χ0n) is 8.46. The van der Waals surface area contributed by atoms with Gasteiger partial charge in [0.25, 0.3) is 0 Å².